The molecule has 142 valence electrons. The summed E-state index contributed by atoms with van der Waals surface area (Å²) in [5.41, 5.74) is 0.984. The van der Waals surface area contributed by atoms with E-state index in [-0.39, 0.29) is 17.2 Å². The van der Waals surface area contributed by atoms with E-state index in [0.717, 1.165) is 6.08 Å². The van der Waals surface area contributed by atoms with E-state index in [4.69, 9.17) is 9.15 Å². The molecular weight excluding hydrogens is 354 g/mol. The Hall–Kier alpha value is -3.55. The molecule has 0 unspecified atom stereocenters. The molecule has 0 aliphatic heterocycles. The van der Waals surface area contributed by atoms with Crippen LogP contribution in [0.4, 0.5) is 5.69 Å². The number of hydrogen-bond acceptors (Lipinski definition) is 8. The molecule has 0 amide bonds. The first-order valence-electron chi connectivity index (χ1n) is 7.83. The first kappa shape index (κ1) is 19.8. The number of carbonyl (C=O) groups excluding carboxylic acids is 3. The monoisotopic (exact) mass is 373 g/mol. The molecule has 0 radical (unpaired) electrons. The number of ether oxygens (including phenoxy) is 3. The van der Waals surface area contributed by atoms with Crippen molar-refractivity contribution in [2.24, 2.45) is 0 Å². The SMILES string of the molecule is COC(=O)/C=C(/Nc1ccc(-c2ccc(C(C)=O)o2)c(OC)c1)C(=O)OC. The lowest BCUT2D eigenvalue weighted by Crippen LogP contribution is -2.15. The number of hydrogen-bond donors (Lipinski definition) is 1. The summed E-state index contributed by atoms with van der Waals surface area (Å²) in [6.07, 6.45) is 0.984. The molecule has 0 saturated carbocycles. The summed E-state index contributed by atoms with van der Waals surface area (Å²) in [4.78, 5) is 34.7. The zero-order chi connectivity index (χ0) is 20.0. The van der Waals surface area contributed by atoms with Gasteiger partial charge < -0.3 is 23.9 Å². The number of ketones is 1. The number of carbonyl (C=O) groups is 3. The minimum atomic E-state index is -0.736. The van der Waals surface area contributed by atoms with E-state index in [1.165, 1.54) is 28.3 Å². The smallest absolute Gasteiger partial charge is 0.354 e. The summed E-state index contributed by atoms with van der Waals surface area (Å²) in [7, 11) is 3.87. The summed E-state index contributed by atoms with van der Waals surface area (Å²) in [6, 6.07) is 8.20. The van der Waals surface area contributed by atoms with Crippen LogP contribution in [0.3, 0.4) is 0 Å². The summed E-state index contributed by atoms with van der Waals surface area (Å²) in [5.74, 6) is -0.495. The van der Waals surface area contributed by atoms with Crippen LogP contribution in [0.5, 0.6) is 5.75 Å². The third-order valence-electron chi connectivity index (χ3n) is 3.57. The lowest BCUT2D eigenvalue weighted by molar-refractivity contribution is -0.138. The largest absolute Gasteiger partial charge is 0.496 e. The zero-order valence-corrected chi connectivity index (χ0v) is 15.3. The van der Waals surface area contributed by atoms with E-state index in [9.17, 15) is 14.4 Å². The van der Waals surface area contributed by atoms with Crippen molar-refractivity contribution < 1.29 is 33.0 Å². The third kappa shape index (κ3) is 4.75. The molecule has 8 heteroatoms. The van der Waals surface area contributed by atoms with Crippen molar-refractivity contribution in [2.45, 2.75) is 6.92 Å². The van der Waals surface area contributed by atoms with Crippen molar-refractivity contribution in [3.8, 4) is 17.1 Å². The number of nitrogens with one attached hydrogen (secondary N) is 1. The Morgan fingerprint density at radius 1 is 1.04 bits per heavy atom. The Morgan fingerprint density at radius 2 is 1.78 bits per heavy atom. The maximum absolute atomic E-state index is 11.8. The first-order valence-corrected chi connectivity index (χ1v) is 7.83. The lowest BCUT2D eigenvalue weighted by atomic mass is 10.1. The van der Waals surface area contributed by atoms with Gasteiger partial charge in [0.05, 0.1) is 33.0 Å². The van der Waals surface area contributed by atoms with Gasteiger partial charge in [-0.2, -0.15) is 0 Å². The van der Waals surface area contributed by atoms with E-state index < -0.39 is 11.9 Å². The second-order valence-electron chi connectivity index (χ2n) is 5.33. The van der Waals surface area contributed by atoms with Crippen LogP contribution in [-0.2, 0) is 19.1 Å². The molecular formula is C19H19NO7. The molecule has 27 heavy (non-hydrogen) atoms. The topological polar surface area (TPSA) is 104 Å². The van der Waals surface area contributed by atoms with Crippen LogP contribution < -0.4 is 10.1 Å². The molecule has 2 rings (SSSR count). The molecule has 0 atom stereocenters. The third-order valence-corrected chi connectivity index (χ3v) is 3.57. The Bertz CT molecular complexity index is 895. The van der Waals surface area contributed by atoms with Gasteiger partial charge in [0.2, 0.25) is 0 Å². The minimum Gasteiger partial charge on any atom is -0.496 e. The summed E-state index contributed by atoms with van der Waals surface area (Å²) in [5, 5.41) is 2.79. The number of furan rings is 1. The van der Waals surface area contributed by atoms with Crippen molar-refractivity contribution in [1.29, 1.82) is 0 Å². The molecule has 0 saturated heterocycles. The number of Topliss-reactive ketones (excluding diaryl/α,β-unsaturated/α-hetero) is 1. The number of rotatable bonds is 7. The Morgan fingerprint density at radius 3 is 2.33 bits per heavy atom. The molecule has 0 spiro atoms. The second-order valence-corrected chi connectivity index (χ2v) is 5.33. The highest BCUT2D eigenvalue weighted by Crippen LogP contribution is 2.34. The van der Waals surface area contributed by atoms with Gasteiger partial charge in [0, 0.05) is 18.7 Å². The Labute approximate surface area is 155 Å². The molecule has 0 fully saturated rings. The summed E-state index contributed by atoms with van der Waals surface area (Å²) < 4.78 is 20.1. The lowest BCUT2D eigenvalue weighted by Gasteiger charge is -2.12. The Kier molecular flexibility index (Phi) is 6.37. The van der Waals surface area contributed by atoms with E-state index in [2.05, 4.69) is 14.8 Å². The van der Waals surface area contributed by atoms with Crippen LogP contribution >= 0.6 is 0 Å². The summed E-state index contributed by atoms with van der Waals surface area (Å²) in [6.45, 7) is 1.41. The van der Waals surface area contributed by atoms with Gasteiger partial charge in [-0.1, -0.05) is 0 Å². The van der Waals surface area contributed by atoms with E-state index in [0.29, 0.717) is 22.8 Å². The number of esters is 2. The molecule has 0 aliphatic rings. The van der Waals surface area contributed by atoms with Crippen LogP contribution in [0, 0.1) is 0 Å². The van der Waals surface area contributed by atoms with Gasteiger partial charge in [0.15, 0.2) is 11.5 Å². The van der Waals surface area contributed by atoms with Crippen molar-refractivity contribution in [3.05, 3.63) is 47.9 Å². The fraction of sp³-hybridized carbons (Fsp3) is 0.211. The molecule has 2 aromatic rings. The van der Waals surface area contributed by atoms with Gasteiger partial charge in [-0.15, -0.1) is 0 Å². The van der Waals surface area contributed by atoms with Crippen LogP contribution in [0.25, 0.3) is 11.3 Å². The second kappa shape index (κ2) is 8.70. The minimum absolute atomic E-state index is 0.101. The van der Waals surface area contributed by atoms with E-state index in [1.807, 2.05) is 0 Å². The average molecular weight is 373 g/mol. The quantitative estimate of drug-likeness (QED) is 0.449. The fourth-order valence-corrected chi connectivity index (χ4v) is 2.23. The van der Waals surface area contributed by atoms with Gasteiger partial charge in [-0.05, 0) is 24.3 Å². The van der Waals surface area contributed by atoms with Gasteiger partial charge >= 0.3 is 11.9 Å². The van der Waals surface area contributed by atoms with Gasteiger partial charge in [0.1, 0.15) is 17.2 Å². The van der Waals surface area contributed by atoms with Crippen LogP contribution in [-0.4, -0.2) is 39.1 Å². The van der Waals surface area contributed by atoms with Gasteiger partial charge in [0.25, 0.3) is 0 Å². The Balaban J connectivity index is 2.36. The van der Waals surface area contributed by atoms with Crippen LogP contribution in [0.15, 0.2) is 46.5 Å². The number of methoxy groups -OCH3 is 3. The van der Waals surface area contributed by atoms with E-state index >= 15 is 0 Å². The molecule has 1 aromatic carbocycles. The van der Waals surface area contributed by atoms with E-state index in [1.54, 1.807) is 30.3 Å². The number of anilines is 1. The molecule has 1 aromatic heterocycles. The maximum Gasteiger partial charge on any atom is 0.354 e. The zero-order valence-electron chi connectivity index (χ0n) is 15.3. The van der Waals surface area contributed by atoms with Gasteiger partial charge in [-0.3, -0.25) is 4.79 Å². The van der Waals surface area contributed by atoms with Crippen LogP contribution in [0.1, 0.15) is 17.5 Å². The highest BCUT2D eigenvalue weighted by atomic mass is 16.5. The highest BCUT2D eigenvalue weighted by molar-refractivity contribution is 5.98. The number of benzene rings is 1. The van der Waals surface area contributed by atoms with Gasteiger partial charge in [-0.25, -0.2) is 9.59 Å². The normalized spacial score (nSPS) is 10.9. The molecule has 1 heterocycles. The predicted octanol–water partition coefficient (Wildman–Crippen LogP) is 2.80. The highest BCUT2D eigenvalue weighted by Gasteiger charge is 2.16. The van der Waals surface area contributed by atoms with Crippen LogP contribution in [0.2, 0.25) is 0 Å². The maximum atomic E-state index is 11.8. The van der Waals surface area contributed by atoms with Crippen molar-refractivity contribution in [2.75, 3.05) is 26.6 Å². The summed E-state index contributed by atoms with van der Waals surface area (Å²) >= 11 is 0. The molecule has 1 N–H and O–H groups in total. The van der Waals surface area contributed by atoms with Crippen molar-refractivity contribution in [1.82, 2.24) is 0 Å². The molecule has 0 aliphatic carbocycles. The molecule has 8 nitrogen and oxygen atoms in total. The average Bonchev–Trinajstić information content (AvgIpc) is 3.16. The van der Waals surface area contributed by atoms with Crippen molar-refractivity contribution in [3.63, 3.8) is 0 Å². The standard InChI is InChI=1S/C19H19NO7/c1-11(21)15-7-8-16(27-15)13-6-5-12(9-17(13)24-2)20-14(19(23)26-4)10-18(22)25-3/h5-10,20H,1-4H3/b14-10+. The predicted molar refractivity (Wildman–Crippen MR) is 96.4 cm³/mol. The molecule has 0 bridgehead atoms. The fourth-order valence-electron chi connectivity index (χ4n) is 2.23. The van der Waals surface area contributed by atoms with Crippen molar-refractivity contribution >= 4 is 23.4 Å². The first-order chi connectivity index (χ1) is 12.9.